The third-order valence-corrected chi connectivity index (χ3v) is 5.50. The van der Waals surface area contributed by atoms with E-state index in [9.17, 15) is 9.59 Å². The van der Waals surface area contributed by atoms with Crippen LogP contribution in [0.3, 0.4) is 0 Å². The first-order chi connectivity index (χ1) is 14.2. The lowest BCUT2D eigenvalue weighted by Crippen LogP contribution is -2.52. The number of hydrogen-bond donors (Lipinski definition) is 1. The van der Waals surface area contributed by atoms with Gasteiger partial charge in [0.05, 0.1) is 19.8 Å². The van der Waals surface area contributed by atoms with Gasteiger partial charge in [0, 0.05) is 55.7 Å². The maximum absolute atomic E-state index is 12.4. The van der Waals surface area contributed by atoms with Gasteiger partial charge in [0.2, 0.25) is 0 Å². The van der Waals surface area contributed by atoms with E-state index in [0.717, 1.165) is 51.3 Å². The number of fused-ring (bicyclic) bond motifs is 1. The summed E-state index contributed by atoms with van der Waals surface area (Å²) in [5.41, 5.74) is 0.0152. The minimum Gasteiger partial charge on any atom is -0.484 e. The summed E-state index contributed by atoms with van der Waals surface area (Å²) >= 11 is 0. The Balaban J connectivity index is 1.31. The molecule has 156 valence electrons. The molecule has 2 aliphatic rings. The average Bonchev–Trinajstić information content (AvgIpc) is 3.27. The number of ether oxygens (including phenoxy) is 3. The minimum absolute atomic E-state index is 0.0976. The first kappa shape index (κ1) is 19.9. The highest BCUT2D eigenvalue weighted by Crippen LogP contribution is 2.22. The highest BCUT2D eigenvalue weighted by atomic mass is 16.5. The van der Waals surface area contributed by atoms with E-state index in [2.05, 4.69) is 10.2 Å². The highest BCUT2D eigenvalue weighted by molar-refractivity contribution is 5.79. The zero-order valence-corrected chi connectivity index (χ0v) is 16.3. The van der Waals surface area contributed by atoms with E-state index in [4.69, 9.17) is 18.6 Å². The number of amides is 1. The fourth-order valence-electron chi connectivity index (χ4n) is 3.91. The van der Waals surface area contributed by atoms with Gasteiger partial charge in [-0.3, -0.25) is 9.69 Å². The quantitative estimate of drug-likeness (QED) is 0.692. The maximum atomic E-state index is 12.4. The van der Waals surface area contributed by atoms with Crippen molar-refractivity contribution in [3.05, 3.63) is 40.8 Å². The lowest BCUT2D eigenvalue weighted by atomic mass is 9.97. The second-order valence-electron chi connectivity index (χ2n) is 7.39. The molecule has 1 N–H and O–H groups in total. The Kier molecular flexibility index (Phi) is 6.43. The van der Waals surface area contributed by atoms with Gasteiger partial charge in [-0.05, 0) is 24.6 Å². The maximum Gasteiger partial charge on any atom is 0.336 e. The number of hydrogen-bond acceptors (Lipinski definition) is 7. The van der Waals surface area contributed by atoms with Crippen LogP contribution in [-0.4, -0.2) is 69.5 Å². The molecule has 1 aromatic carbocycles. The molecule has 2 atom stereocenters. The van der Waals surface area contributed by atoms with Crippen molar-refractivity contribution in [3.8, 4) is 5.75 Å². The number of carbonyl (C=O) groups is 1. The second-order valence-corrected chi connectivity index (χ2v) is 7.39. The van der Waals surface area contributed by atoms with Gasteiger partial charge in [-0.25, -0.2) is 4.79 Å². The Bertz CT molecular complexity index is 886. The van der Waals surface area contributed by atoms with Crippen LogP contribution in [0.2, 0.25) is 0 Å². The van der Waals surface area contributed by atoms with Gasteiger partial charge >= 0.3 is 5.63 Å². The molecule has 2 aromatic rings. The molecule has 1 aromatic heterocycles. The fraction of sp³-hybridized carbons (Fsp3) is 0.524. The molecule has 0 radical (unpaired) electrons. The normalized spacial score (nSPS) is 21.2. The molecule has 3 heterocycles. The highest BCUT2D eigenvalue weighted by Gasteiger charge is 2.31. The molecule has 8 heteroatoms. The van der Waals surface area contributed by atoms with Crippen molar-refractivity contribution in [3.63, 3.8) is 0 Å². The topological polar surface area (TPSA) is 90.2 Å². The van der Waals surface area contributed by atoms with E-state index in [1.165, 1.54) is 6.07 Å². The van der Waals surface area contributed by atoms with Crippen molar-refractivity contribution in [1.29, 1.82) is 0 Å². The van der Waals surface area contributed by atoms with E-state index in [-0.39, 0.29) is 18.6 Å². The number of rotatable bonds is 7. The van der Waals surface area contributed by atoms with Crippen LogP contribution in [0.15, 0.2) is 39.5 Å². The minimum atomic E-state index is -0.419. The Morgan fingerprint density at radius 1 is 1.17 bits per heavy atom. The molecular weight excluding hydrogens is 376 g/mol. The van der Waals surface area contributed by atoms with E-state index in [1.54, 1.807) is 24.3 Å². The van der Waals surface area contributed by atoms with Crippen LogP contribution >= 0.6 is 0 Å². The second kappa shape index (κ2) is 9.39. The smallest absolute Gasteiger partial charge is 0.336 e. The summed E-state index contributed by atoms with van der Waals surface area (Å²) in [5, 5.41) is 3.80. The van der Waals surface area contributed by atoms with Gasteiger partial charge in [-0.2, -0.15) is 0 Å². The van der Waals surface area contributed by atoms with E-state index >= 15 is 0 Å². The van der Waals surface area contributed by atoms with Crippen LogP contribution in [0.4, 0.5) is 0 Å². The van der Waals surface area contributed by atoms with Gasteiger partial charge in [0.1, 0.15) is 11.3 Å². The summed E-state index contributed by atoms with van der Waals surface area (Å²) in [6, 6.07) is 8.46. The van der Waals surface area contributed by atoms with Crippen LogP contribution in [0.1, 0.15) is 6.42 Å². The molecule has 8 nitrogen and oxygen atoms in total. The van der Waals surface area contributed by atoms with Crippen LogP contribution in [-0.2, 0) is 14.3 Å². The number of carbonyl (C=O) groups excluding carboxylic acids is 1. The van der Waals surface area contributed by atoms with Crippen molar-refractivity contribution in [2.45, 2.75) is 12.5 Å². The average molecular weight is 402 g/mol. The lowest BCUT2D eigenvalue weighted by Gasteiger charge is -2.37. The Labute approximate surface area is 168 Å². The Morgan fingerprint density at radius 3 is 2.79 bits per heavy atom. The van der Waals surface area contributed by atoms with Gasteiger partial charge in [0.25, 0.3) is 5.91 Å². The first-order valence-corrected chi connectivity index (χ1v) is 10.0. The molecule has 0 bridgehead atoms. The summed E-state index contributed by atoms with van der Waals surface area (Å²) in [6.07, 6.45) is 1.01. The molecule has 29 heavy (non-hydrogen) atoms. The number of benzene rings is 1. The van der Waals surface area contributed by atoms with Gasteiger partial charge in [-0.1, -0.05) is 0 Å². The molecule has 2 unspecified atom stereocenters. The van der Waals surface area contributed by atoms with Gasteiger partial charge in [0.15, 0.2) is 6.61 Å². The van der Waals surface area contributed by atoms with Gasteiger partial charge < -0.3 is 23.9 Å². The first-order valence-electron chi connectivity index (χ1n) is 10.0. The molecule has 4 rings (SSSR count). The lowest BCUT2D eigenvalue weighted by molar-refractivity contribution is -0.123. The molecule has 2 aliphatic heterocycles. The summed E-state index contributed by atoms with van der Waals surface area (Å²) < 4.78 is 21.7. The molecular formula is C21H26N2O6. The van der Waals surface area contributed by atoms with Crippen molar-refractivity contribution in [1.82, 2.24) is 10.2 Å². The number of morpholine rings is 1. The summed E-state index contributed by atoms with van der Waals surface area (Å²) in [6.45, 7) is 5.16. The predicted molar refractivity (Wildman–Crippen MR) is 106 cm³/mol. The van der Waals surface area contributed by atoms with E-state index < -0.39 is 5.63 Å². The monoisotopic (exact) mass is 402 g/mol. The molecule has 0 aliphatic carbocycles. The third kappa shape index (κ3) is 5.14. The van der Waals surface area contributed by atoms with Crippen molar-refractivity contribution in [2.24, 2.45) is 5.92 Å². The van der Waals surface area contributed by atoms with Crippen LogP contribution < -0.4 is 15.7 Å². The van der Waals surface area contributed by atoms with Crippen molar-refractivity contribution in [2.75, 3.05) is 52.7 Å². The van der Waals surface area contributed by atoms with Crippen LogP contribution in [0, 0.1) is 5.92 Å². The van der Waals surface area contributed by atoms with Crippen molar-refractivity contribution < 1.29 is 23.4 Å². The SMILES string of the molecule is O=C(COc1ccc2ccc(=O)oc2c1)NCC(C1CCOC1)N1CCOCC1. The predicted octanol–water partition coefficient (Wildman–Crippen LogP) is 1.03. The molecule has 2 saturated heterocycles. The van der Waals surface area contributed by atoms with Crippen LogP contribution in [0.25, 0.3) is 11.0 Å². The van der Waals surface area contributed by atoms with E-state index in [1.807, 2.05) is 0 Å². The van der Waals surface area contributed by atoms with Crippen molar-refractivity contribution >= 4 is 16.9 Å². The van der Waals surface area contributed by atoms with Gasteiger partial charge in [-0.15, -0.1) is 0 Å². The zero-order valence-electron chi connectivity index (χ0n) is 16.3. The summed E-state index contributed by atoms with van der Waals surface area (Å²) in [7, 11) is 0. The Morgan fingerprint density at radius 2 is 2.00 bits per heavy atom. The molecule has 0 spiro atoms. The zero-order chi connectivity index (χ0) is 20.1. The molecule has 1 amide bonds. The number of nitrogens with one attached hydrogen (secondary N) is 1. The van der Waals surface area contributed by atoms with E-state index in [0.29, 0.717) is 23.8 Å². The molecule has 2 fully saturated rings. The molecule has 0 saturated carbocycles. The number of nitrogens with zero attached hydrogens (tertiary/aromatic N) is 1. The largest absolute Gasteiger partial charge is 0.484 e. The summed E-state index contributed by atoms with van der Waals surface area (Å²) in [4.78, 5) is 26.1. The Hall–Kier alpha value is -2.42. The van der Waals surface area contributed by atoms with Crippen LogP contribution in [0.5, 0.6) is 5.75 Å². The standard InChI is InChI=1S/C21H26N2O6/c24-20(14-28-17-3-1-15-2-4-21(25)29-19(15)11-17)22-12-18(16-5-8-27-13-16)23-6-9-26-10-7-23/h1-4,11,16,18H,5-10,12-14H2,(H,22,24). The fourth-order valence-corrected chi connectivity index (χ4v) is 3.91. The third-order valence-electron chi connectivity index (χ3n) is 5.50. The summed E-state index contributed by atoms with van der Waals surface area (Å²) in [5.74, 6) is 0.713.